The van der Waals surface area contributed by atoms with E-state index in [9.17, 15) is 0 Å². The molecule has 0 aromatic carbocycles. The summed E-state index contributed by atoms with van der Waals surface area (Å²) >= 11 is 1.82. The Morgan fingerprint density at radius 2 is 2.24 bits per heavy atom. The van der Waals surface area contributed by atoms with Gasteiger partial charge in [0, 0.05) is 17.3 Å². The molecule has 1 aromatic rings. The van der Waals surface area contributed by atoms with Gasteiger partial charge in [0.05, 0.1) is 12.2 Å². The maximum Gasteiger partial charge on any atom is 0.107 e. The van der Waals surface area contributed by atoms with Crippen LogP contribution in [0.3, 0.4) is 0 Å². The summed E-state index contributed by atoms with van der Waals surface area (Å²) in [5.41, 5.74) is 1.40. The first kappa shape index (κ1) is 16.9. The number of nitrogens with zero attached hydrogens (tertiary/aromatic N) is 2. The molecule has 1 saturated heterocycles. The zero-order valence-corrected chi connectivity index (χ0v) is 14.9. The molecular weight excluding hydrogens is 278 g/mol. The molecule has 1 aliphatic heterocycles. The van der Waals surface area contributed by atoms with Crippen LogP contribution >= 0.6 is 11.3 Å². The van der Waals surface area contributed by atoms with Crippen molar-refractivity contribution in [1.82, 2.24) is 15.2 Å². The predicted molar refractivity (Wildman–Crippen MR) is 92.0 cm³/mol. The molecule has 2 heterocycles. The van der Waals surface area contributed by atoms with Crippen LogP contribution < -0.4 is 5.32 Å². The average molecular weight is 310 g/mol. The Labute approximate surface area is 134 Å². The van der Waals surface area contributed by atoms with Gasteiger partial charge in [-0.2, -0.15) is 0 Å². The second-order valence-corrected chi connectivity index (χ2v) is 8.27. The lowest BCUT2D eigenvalue weighted by Gasteiger charge is -2.29. The first-order valence-electron chi connectivity index (χ1n) is 8.37. The van der Waals surface area contributed by atoms with Crippen LogP contribution in [0.1, 0.15) is 57.7 Å². The maximum atomic E-state index is 4.86. The number of hydrogen-bond acceptors (Lipinski definition) is 4. The van der Waals surface area contributed by atoms with Crippen LogP contribution in [0.25, 0.3) is 0 Å². The van der Waals surface area contributed by atoms with Gasteiger partial charge < -0.3 is 5.32 Å². The Balaban J connectivity index is 1.93. The summed E-state index contributed by atoms with van der Waals surface area (Å²) in [6, 6.07) is 0. The van der Waals surface area contributed by atoms with E-state index in [1.54, 1.807) is 0 Å². The smallest absolute Gasteiger partial charge is 0.107 e. The van der Waals surface area contributed by atoms with E-state index < -0.39 is 0 Å². The van der Waals surface area contributed by atoms with Crippen LogP contribution in [0.5, 0.6) is 0 Å². The third-order valence-electron chi connectivity index (χ3n) is 4.13. The second kappa shape index (κ2) is 7.70. The summed E-state index contributed by atoms with van der Waals surface area (Å²) in [7, 11) is 0. The second-order valence-electron chi connectivity index (χ2n) is 7.32. The van der Waals surface area contributed by atoms with Crippen LogP contribution in [-0.4, -0.2) is 36.1 Å². The first-order valence-corrected chi connectivity index (χ1v) is 9.25. The van der Waals surface area contributed by atoms with Crippen molar-refractivity contribution in [2.45, 2.75) is 58.9 Å². The Kier molecular flexibility index (Phi) is 6.20. The van der Waals surface area contributed by atoms with Crippen molar-refractivity contribution in [3.8, 4) is 0 Å². The predicted octanol–water partition coefficient (Wildman–Crippen LogP) is 3.65. The molecule has 21 heavy (non-hydrogen) atoms. The van der Waals surface area contributed by atoms with Crippen molar-refractivity contribution in [3.63, 3.8) is 0 Å². The van der Waals surface area contributed by atoms with Gasteiger partial charge >= 0.3 is 0 Å². The van der Waals surface area contributed by atoms with E-state index >= 15 is 0 Å². The highest BCUT2D eigenvalue weighted by Gasteiger charge is 2.20. The van der Waals surface area contributed by atoms with Gasteiger partial charge in [0.25, 0.3) is 0 Å². The molecule has 1 aliphatic rings. The molecular formula is C17H31N3S. The molecule has 0 aliphatic carbocycles. The zero-order chi connectivity index (χ0) is 15.3. The number of rotatable bonds is 6. The molecule has 0 bridgehead atoms. The fourth-order valence-corrected chi connectivity index (χ4v) is 3.98. The van der Waals surface area contributed by atoms with E-state index in [-0.39, 0.29) is 5.41 Å². The number of aromatic nitrogens is 1. The molecule has 4 heteroatoms. The van der Waals surface area contributed by atoms with E-state index in [1.165, 1.54) is 56.1 Å². The quantitative estimate of drug-likeness (QED) is 0.869. The molecule has 1 unspecified atom stereocenters. The third kappa shape index (κ3) is 5.35. The summed E-state index contributed by atoms with van der Waals surface area (Å²) in [4.78, 5) is 7.46. The normalized spacial score (nSPS) is 20.1. The van der Waals surface area contributed by atoms with E-state index in [2.05, 4.69) is 43.3 Å². The molecule has 1 N–H and O–H groups in total. The summed E-state index contributed by atoms with van der Waals surface area (Å²) < 4.78 is 0. The van der Waals surface area contributed by atoms with Crippen LogP contribution in [0.15, 0.2) is 5.38 Å². The minimum absolute atomic E-state index is 0.164. The molecule has 1 aromatic heterocycles. The first-order chi connectivity index (χ1) is 9.99. The minimum Gasteiger partial charge on any atom is -0.316 e. The number of nitrogens with one attached hydrogen (secondary N) is 1. The number of thiazole rings is 1. The van der Waals surface area contributed by atoms with E-state index in [4.69, 9.17) is 4.98 Å². The lowest BCUT2D eigenvalue weighted by molar-refractivity contribution is 0.201. The van der Waals surface area contributed by atoms with Gasteiger partial charge in [0.15, 0.2) is 0 Å². The van der Waals surface area contributed by atoms with Crippen molar-refractivity contribution in [3.05, 3.63) is 16.1 Å². The Morgan fingerprint density at radius 1 is 1.43 bits per heavy atom. The summed E-state index contributed by atoms with van der Waals surface area (Å²) in [6.45, 7) is 14.8. The largest absolute Gasteiger partial charge is 0.316 e. The lowest BCUT2D eigenvalue weighted by atomic mass is 9.93. The maximum absolute atomic E-state index is 4.86. The van der Waals surface area contributed by atoms with Crippen molar-refractivity contribution < 1.29 is 0 Å². The molecule has 0 saturated carbocycles. The highest BCUT2D eigenvalue weighted by molar-refractivity contribution is 7.09. The third-order valence-corrected chi connectivity index (χ3v) is 4.97. The fourth-order valence-electron chi connectivity index (χ4n) is 2.92. The van der Waals surface area contributed by atoms with Gasteiger partial charge in [0.1, 0.15) is 5.01 Å². The molecule has 120 valence electrons. The van der Waals surface area contributed by atoms with Gasteiger partial charge in [-0.15, -0.1) is 11.3 Å². The molecule has 3 nitrogen and oxygen atoms in total. The van der Waals surface area contributed by atoms with Gasteiger partial charge in [-0.25, -0.2) is 4.98 Å². The SMILES string of the molecule is CCCN(Cc1nc(C(C)(C)C)cs1)CC1CCCNC1. The fraction of sp³-hybridized carbons (Fsp3) is 0.824. The Morgan fingerprint density at radius 3 is 2.81 bits per heavy atom. The van der Waals surface area contributed by atoms with Gasteiger partial charge in [-0.1, -0.05) is 27.7 Å². The van der Waals surface area contributed by atoms with Crippen molar-refractivity contribution in [2.75, 3.05) is 26.2 Å². The van der Waals surface area contributed by atoms with Crippen molar-refractivity contribution in [2.24, 2.45) is 5.92 Å². The van der Waals surface area contributed by atoms with E-state index in [1.807, 2.05) is 11.3 Å². The van der Waals surface area contributed by atoms with Crippen LogP contribution in [0, 0.1) is 5.92 Å². The minimum atomic E-state index is 0.164. The van der Waals surface area contributed by atoms with E-state index in [0.29, 0.717) is 0 Å². The van der Waals surface area contributed by atoms with Gasteiger partial charge in [0.2, 0.25) is 0 Å². The Bertz CT molecular complexity index is 416. The molecule has 0 radical (unpaired) electrons. The zero-order valence-electron chi connectivity index (χ0n) is 14.1. The summed E-state index contributed by atoms with van der Waals surface area (Å²) in [5.74, 6) is 0.812. The summed E-state index contributed by atoms with van der Waals surface area (Å²) in [6.07, 6.45) is 3.92. The lowest BCUT2D eigenvalue weighted by Crippen LogP contribution is -2.38. The number of piperidine rings is 1. The van der Waals surface area contributed by atoms with E-state index in [0.717, 1.165) is 12.5 Å². The number of hydrogen-bond donors (Lipinski definition) is 1. The topological polar surface area (TPSA) is 28.2 Å². The highest BCUT2D eigenvalue weighted by Crippen LogP contribution is 2.25. The van der Waals surface area contributed by atoms with Crippen LogP contribution in [-0.2, 0) is 12.0 Å². The van der Waals surface area contributed by atoms with Crippen LogP contribution in [0.4, 0.5) is 0 Å². The molecule has 0 amide bonds. The average Bonchev–Trinajstić information content (AvgIpc) is 2.89. The molecule has 1 atom stereocenters. The molecule has 2 rings (SSSR count). The highest BCUT2D eigenvalue weighted by atomic mass is 32.1. The standard InChI is InChI=1S/C17H31N3S/c1-5-9-20(11-14-7-6-8-18-10-14)12-16-19-15(13-21-16)17(2,3)4/h13-14,18H,5-12H2,1-4H3. The molecule has 0 spiro atoms. The van der Waals surface area contributed by atoms with Gasteiger partial charge in [-0.3, -0.25) is 4.90 Å². The van der Waals surface area contributed by atoms with Crippen molar-refractivity contribution in [1.29, 1.82) is 0 Å². The summed E-state index contributed by atoms with van der Waals surface area (Å²) in [5, 5.41) is 7.04. The molecule has 1 fully saturated rings. The van der Waals surface area contributed by atoms with Crippen molar-refractivity contribution >= 4 is 11.3 Å². The Hall–Kier alpha value is -0.450. The van der Waals surface area contributed by atoms with Crippen LogP contribution in [0.2, 0.25) is 0 Å². The monoisotopic (exact) mass is 309 g/mol. The van der Waals surface area contributed by atoms with Gasteiger partial charge in [-0.05, 0) is 44.8 Å².